The van der Waals surface area contributed by atoms with Crippen LogP contribution in [0.15, 0.2) is 0 Å². The Bertz CT molecular complexity index is 581. The fourth-order valence-electron chi connectivity index (χ4n) is 5.47. The van der Waals surface area contributed by atoms with Crippen LogP contribution in [0.4, 0.5) is 0 Å². The summed E-state index contributed by atoms with van der Waals surface area (Å²) >= 11 is 0. The topological polar surface area (TPSA) is 82.1 Å². The molecule has 0 aliphatic rings. The van der Waals surface area contributed by atoms with Gasteiger partial charge in [0.15, 0.2) is 6.10 Å². The lowest BCUT2D eigenvalue weighted by molar-refractivity contribution is -0.163. The van der Waals surface area contributed by atoms with Gasteiger partial charge in [-0.3, -0.25) is 9.59 Å². The quantitative estimate of drug-likeness (QED) is 0.0566. The summed E-state index contributed by atoms with van der Waals surface area (Å²) in [7, 11) is 0. The minimum Gasteiger partial charge on any atom is -0.462 e. The minimum absolute atomic E-state index is 0.00699. The number of hydrogen-bond acceptors (Lipinski definition) is 6. The van der Waals surface area contributed by atoms with E-state index in [0.29, 0.717) is 12.8 Å². The number of carbonyl (C=O) groups excluding carboxylic acids is 2. The molecular weight excluding hydrogens is 540 g/mol. The summed E-state index contributed by atoms with van der Waals surface area (Å²) in [5.74, 6) is -0.518. The highest BCUT2D eigenvalue weighted by Gasteiger charge is 2.17. The van der Waals surface area contributed by atoms with Crippen LogP contribution in [-0.2, 0) is 23.8 Å². The van der Waals surface area contributed by atoms with E-state index in [1.807, 2.05) is 0 Å². The van der Waals surface area contributed by atoms with Crippen molar-refractivity contribution < 1.29 is 28.9 Å². The Morgan fingerprint density at radius 1 is 0.488 bits per heavy atom. The summed E-state index contributed by atoms with van der Waals surface area (Å²) in [6.07, 6.45) is 33.0. The lowest BCUT2D eigenvalue weighted by atomic mass is 10.0. The average molecular weight is 613 g/mol. The molecule has 0 aromatic carbocycles. The smallest absolute Gasteiger partial charge is 0.306 e. The first-order valence-corrected chi connectivity index (χ1v) is 18.7. The summed E-state index contributed by atoms with van der Waals surface area (Å²) in [5.41, 5.74) is 0. The Labute approximate surface area is 266 Å². The van der Waals surface area contributed by atoms with Gasteiger partial charge in [-0.2, -0.15) is 0 Å². The zero-order chi connectivity index (χ0) is 31.5. The fraction of sp³-hybridized carbons (Fsp3) is 0.946. The highest BCUT2D eigenvalue weighted by Crippen LogP contribution is 2.15. The number of hydrogen-bond donors (Lipinski definition) is 1. The Morgan fingerprint density at radius 3 is 1.21 bits per heavy atom. The third-order valence-electron chi connectivity index (χ3n) is 8.24. The third kappa shape index (κ3) is 33.6. The lowest BCUT2D eigenvalue weighted by Crippen LogP contribution is -2.30. The van der Waals surface area contributed by atoms with Gasteiger partial charge in [-0.25, -0.2) is 0 Å². The fourth-order valence-corrected chi connectivity index (χ4v) is 5.47. The summed E-state index contributed by atoms with van der Waals surface area (Å²) in [4.78, 5) is 24.6. The van der Waals surface area contributed by atoms with E-state index < -0.39 is 6.10 Å². The molecule has 0 fully saturated rings. The van der Waals surface area contributed by atoms with Gasteiger partial charge in [-0.1, -0.05) is 168 Å². The monoisotopic (exact) mass is 613 g/mol. The molecule has 0 rings (SSSR count). The van der Waals surface area contributed by atoms with Crippen LogP contribution in [0, 0.1) is 0 Å². The molecule has 0 amide bonds. The number of ether oxygens (including phenoxy) is 3. The zero-order valence-electron chi connectivity index (χ0n) is 28.7. The van der Waals surface area contributed by atoms with Crippen molar-refractivity contribution in [3.63, 3.8) is 0 Å². The number of esters is 2. The molecule has 6 heteroatoms. The van der Waals surface area contributed by atoms with Crippen molar-refractivity contribution in [2.75, 3.05) is 26.4 Å². The van der Waals surface area contributed by atoms with Gasteiger partial charge in [0.05, 0.1) is 19.8 Å². The molecule has 0 unspecified atom stereocenters. The predicted octanol–water partition coefficient (Wildman–Crippen LogP) is 10.4. The molecule has 0 spiro atoms. The standard InChI is InChI=1S/C37H72O6/c1-3-5-7-9-11-13-15-17-19-21-23-25-27-29-36(39)42-34-35(33-41-32-31-38)43-37(40)30-28-26-24-22-20-18-16-14-12-10-8-6-4-2/h35,38H,3-34H2,1-2H3/t35-/m0/s1. The van der Waals surface area contributed by atoms with Crippen molar-refractivity contribution in [3.05, 3.63) is 0 Å². The first kappa shape index (κ1) is 41.9. The zero-order valence-corrected chi connectivity index (χ0v) is 28.7. The maximum Gasteiger partial charge on any atom is 0.306 e. The van der Waals surface area contributed by atoms with Crippen LogP contribution in [0.25, 0.3) is 0 Å². The van der Waals surface area contributed by atoms with E-state index in [9.17, 15) is 9.59 Å². The van der Waals surface area contributed by atoms with E-state index >= 15 is 0 Å². The molecule has 1 N–H and O–H groups in total. The van der Waals surface area contributed by atoms with Gasteiger partial charge < -0.3 is 19.3 Å². The Kier molecular flexibility index (Phi) is 34.4. The molecule has 0 bridgehead atoms. The van der Waals surface area contributed by atoms with Crippen molar-refractivity contribution >= 4 is 11.9 Å². The summed E-state index contributed by atoms with van der Waals surface area (Å²) in [6, 6.07) is 0. The number of aliphatic hydroxyl groups excluding tert-OH is 1. The van der Waals surface area contributed by atoms with E-state index in [1.165, 1.54) is 128 Å². The van der Waals surface area contributed by atoms with Gasteiger partial charge >= 0.3 is 11.9 Å². The van der Waals surface area contributed by atoms with Crippen molar-refractivity contribution in [2.45, 2.75) is 200 Å². The van der Waals surface area contributed by atoms with Gasteiger partial charge in [-0.05, 0) is 12.8 Å². The molecule has 0 saturated heterocycles. The maximum atomic E-state index is 12.4. The van der Waals surface area contributed by atoms with E-state index in [-0.39, 0.29) is 38.4 Å². The highest BCUT2D eigenvalue weighted by molar-refractivity contribution is 5.70. The highest BCUT2D eigenvalue weighted by atomic mass is 16.6. The molecule has 256 valence electrons. The van der Waals surface area contributed by atoms with Crippen molar-refractivity contribution in [1.29, 1.82) is 0 Å². The lowest BCUT2D eigenvalue weighted by Gasteiger charge is -2.18. The van der Waals surface area contributed by atoms with Crippen LogP contribution < -0.4 is 0 Å². The molecule has 0 aliphatic heterocycles. The molecule has 1 atom stereocenters. The molecule has 43 heavy (non-hydrogen) atoms. The molecule has 0 saturated carbocycles. The second-order valence-electron chi connectivity index (χ2n) is 12.6. The van der Waals surface area contributed by atoms with Gasteiger partial charge in [-0.15, -0.1) is 0 Å². The van der Waals surface area contributed by atoms with Crippen molar-refractivity contribution in [3.8, 4) is 0 Å². The van der Waals surface area contributed by atoms with Crippen LogP contribution >= 0.6 is 0 Å². The second-order valence-corrected chi connectivity index (χ2v) is 12.6. The van der Waals surface area contributed by atoms with Crippen LogP contribution in [0.2, 0.25) is 0 Å². The van der Waals surface area contributed by atoms with Crippen LogP contribution in [0.1, 0.15) is 194 Å². The molecule has 0 aromatic rings. The number of rotatable bonds is 35. The van der Waals surface area contributed by atoms with Gasteiger partial charge in [0.2, 0.25) is 0 Å². The summed E-state index contributed by atoms with van der Waals surface area (Å²) in [5, 5.41) is 9.00. The average Bonchev–Trinajstić information content (AvgIpc) is 3.00. The summed E-state index contributed by atoms with van der Waals surface area (Å²) < 4.78 is 16.3. The predicted molar refractivity (Wildman–Crippen MR) is 179 cm³/mol. The molecule has 6 nitrogen and oxygen atoms in total. The number of aliphatic hydroxyl groups is 1. The van der Waals surface area contributed by atoms with Crippen molar-refractivity contribution in [2.24, 2.45) is 0 Å². The number of carbonyl (C=O) groups is 2. The molecule has 0 radical (unpaired) electrons. The van der Waals surface area contributed by atoms with Crippen LogP contribution in [0.3, 0.4) is 0 Å². The maximum absolute atomic E-state index is 12.4. The van der Waals surface area contributed by atoms with E-state index in [1.54, 1.807) is 0 Å². The molecular formula is C37H72O6. The number of unbranched alkanes of at least 4 members (excludes halogenated alkanes) is 24. The van der Waals surface area contributed by atoms with Crippen LogP contribution in [-0.4, -0.2) is 49.6 Å². The Hall–Kier alpha value is -1.14. The first-order valence-electron chi connectivity index (χ1n) is 18.7. The normalized spacial score (nSPS) is 12.0. The van der Waals surface area contributed by atoms with Crippen LogP contribution in [0.5, 0.6) is 0 Å². The molecule has 0 heterocycles. The first-order chi connectivity index (χ1) is 21.1. The molecule has 0 aromatic heterocycles. The van der Waals surface area contributed by atoms with E-state index in [0.717, 1.165) is 38.5 Å². The minimum atomic E-state index is -0.628. The van der Waals surface area contributed by atoms with Gasteiger partial charge in [0.1, 0.15) is 6.61 Å². The van der Waals surface area contributed by atoms with E-state index in [2.05, 4.69) is 13.8 Å². The SMILES string of the molecule is CCCCCCCCCCCCCCCC(=O)OC[C@H](COCCO)OC(=O)CCCCCCCCCCCCCCC. The van der Waals surface area contributed by atoms with Gasteiger partial charge in [0.25, 0.3) is 0 Å². The largest absolute Gasteiger partial charge is 0.462 e. The third-order valence-corrected chi connectivity index (χ3v) is 8.24. The Balaban J connectivity index is 3.81. The second kappa shape index (κ2) is 35.3. The summed E-state index contributed by atoms with van der Waals surface area (Å²) in [6.45, 7) is 4.72. The Morgan fingerprint density at radius 2 is 0.837 bits per heavy atom. The van der Waals surface area contributed by atoms with E-state index in [4.69, 9.17) is 19.3 Å². The van der Waals surface area contributed by atoms with Crippen molar-refractivity contribution in [1.82, 2.24) is 0 Å². The van der Waals surface area contributed by atoms with Gasteiger partial charge in [0, 0.05) is 12.8 Å². The molecule has 0 aliphatic carbocycles.